The lowest BCUT2D eigenvalue weighted by Gasteiger charge is -2.16. The smallest absolute Gasteiger partial charge is 0.358 e. The summed E-state index contributed by atoms with van der Waals surface area (Å²) in [6.45, 7) is 9.19. The third-order valence-electron chi connectivity index (χ3n) is 3.83. The Morgan fingerprint density at radius 1 is 1.32 bits per heavy atom. The van der Waals surface area contributed by atoms with Crippen molar-refractivity contribution < 1.29 is 18.1 Å². The summed E-state index contributed by atoms with van der Waals surface area (Å²) in [6, 6.07) is 3.19. The first-order valence-electron chi connectivity index (χ1n) is 7.82. The van der Waals surface area contributed by atoms with Crippen LogP contribution in [0.4, 0.5) is 5.82 Å². The van der Waals surface area contributed by atoms with Gasteiger partial charge in [0.05, 0.1) is 6.61 Å². The zero-order valence-corrected chi connectivity index (χ0v) is 15.6. The number of hydrogen-bond donors (Lipinski definition) is 0. The maximum Gasteiger partial charge on any atom is 0.358 e. The van der Waals surface area contributed by atoms with Crippen LogP contribution in [0.25, 0.3) is 0 Å². The summed E-state index contributed by atoms with van der Waals surface area (Å²) in [5, 5.41) is 11.2. The van der Waals surface area contributed by atoms with Gasteiger partial charge in [0.1, 0.15) is 11.9 Å². The Labute approximate surface area is 146 Å². The maximum absolute atomic E-state index is 13.2. The Kier molecular flexibility index (Phi) is 5.17. The van der Waals surface area contributed by atoms with Gasteiger partial charge in [0.25, 0.3) is 0 Å². The molecule has 136 valence electrons. The molecule has 0 fully saturated rings. The minimum atomic E-state index is -4.24. The quantitative estimate of drug-likeness (QED) is 0.574. The van der Waals surface area contributed by atoms with Crippen LogP contribution in [0.1, 0.15) is 43.6 Å². The Morgan fingerprint density at radius 2 is 1.96 bits per heavy atom. The van der Waals surface area contributed by atoms with E-state index in [9.17, 15) is 18.5 Å². The standard InChI is InChI=1S/C16H21N3O5S/c1-6-24-14-7-11(4)13(10(2)3)8-15(14)25(22,23)18-12(5)17-9-16(18)19(20)21/h7-10H,6H2,1-5H3. The van der Waals surface area contributed by atoms with Crippen LogP contribution >= 0.6 is 0 Å². The van der Waals surface area contributed by atoms with Gasteiger partial charge in [0.15, 0.2) is 4.90 Å². The molecule has 0 aliphatic heterocycles. The van der Waals surface area contributed by atoms with Gasteiger partial charge in [0.2, 0.25) is 5.82 Å². The van der Waals surface area contributed by atoms with Crippen molar-refractivity contribution >= 4 is 15.8 Å². The summed E-state index contributed by atoms with van der Waals surface area (Å²) in [7, 11) is -4.24. The van der Waals surface area contributed by atoms with Crippen molar-refractivity contribution in [1.82, 2.24) is 8.96 Å². The van der Waals surface area contributed by atoms with E-state index < -0.39 is 20.8 Å². The van der Waals surface area contributed by atoms with Gasteiger partial charge < -0.3 is 14.9 Å². The fourth-order valence-corrected chi connectivity index (χ4v) is 4.31. The van der Waals surface area contributed by atoms with Gasteiger partial charge in [-0.1, -0.05) is 17.8 Å². The molecule has 0 aliphatic rings. The highest BCUT2D eigenvalue weighted by Crippen LogP contribution is 2.34. The summed E-state index contributed by atoms with van der Waals surface area (Å²) in [5.41, 5.74) is 1.73. The molecule has 1 aromatic heterocycles. The largest absolute Gasteiger partial charge is 0.492 e. The SMILES string of the molecule is CCOc1cc(C)c(C(C)C)cc1S(=O)(=O)n1c([N+](=O)[O-])cnc1C. The topological polar surface area (TPSA) is 104 Å². The molecule has 8 nitrogen and oxygen atoms in total. The number of nitrogens with zero attached hydrogens (tertiary/aromatic N) is 3. The summed E-state index contributed by atoms with van der Waals surface area (Å²) in [5.74, 6) is -0.331. The van der Waals surface area contributed by atoms with Crippen molar-refractivity contribution in [3.05, 3.63) is 45.4 Å². The molecule has 0 saturated carbocycles. The van der Waals surface area contributed by atoms with Crippen molar-refractivity contribution in [2.75, 3.05) is 6.61 Å². The van der Waals surface area contributed by atoms with Gasteiger partial charge in [0, 0.05) is 6.92 Å². The number of aromatic nitrogens is 2. The van der Waals surface area contributed by atoms with Gasteiger partial charge in [-0.15, -0.1) is 0 Å². The molecule has 0 radical (unpaired) electrons. The van der Waals surface area contributed by atoms with E-state index in [1.807, 2.05) is 20.8 Å². The Bertz CT molecular complexity index is 916. The molecule has 1 aromatic carbocycles. The highest BCUT2D eigenvalue weighted by Gasteiger charge is 2.34. The first kappa shape index (κ1) is 18.9. The second-order valence-corrected chi connectivity index (χ2v) is 7.69. The normalized spacial score (nSPS) is 11.8. The van der Waals surface area contributed by atoms with E-state index >= 15 is 0 Å². The average molecular weight is 367 g/mol. The van der Waals surface area contributed by atoms with E-state index in [2.05, 4.69) is 4.98 Å². The van der Waals surface area contributed by atoms with Gasteiger partial charge in [-0.3, -0.25) is 0 Å². The van der Waals surface area contributed by atoms with Crippen LogP contribution in [-0.4, -0.2) is 28.9 Å². The third kappa shape index (κ3) is 3.37. The molecule has 0 amide bonds. The molecule has 0 unspecified atom stereocenters. The van der Waals surface area contributed by atoms with Gasteiger partial charge >= 0.3 is 15.8 Å². The molecule has 25 heavy (non-hydrogen) atoms. The fourth-order valence-electron chi connectivity index (χ4n) is 2.71. The number of rotatable bonds is 6. The van der Waals surface area contributed by atoms with Crippen molar-refractivity contribution in [1.29, 1.82) is 0 Å². The van der Waals surface area contributed by atoms with Crippen LogP contribution in [0.3, 0.4) is 0 Å². The number of imidazole rings is 1. The third-order valence-corrected chi connectivity index (χ3v) is 5.64. The van der Waals surface area contributed by atoms with Crippen molar-refractivity contribution in [2.24, 2.45) is 0 Å². The van der Waals surface area contributed by atoms with E-state index in [-0.39, 0.29) is 29.0 Å². The monoisotopic (exact) mass is 367 g/mol. The van der Waals surface area contributed by atoms with E-state index in [0.717, 1.165) is 17.3 Å². The van der Waals surface area contributed by atoms with E-state index in [1.165, 1.54) is 13.0 Å². The molecule has 0 saturated heterocycles. The number of nitro groups is 1. The first-order valence-corrected chi connectivity index (χ1v) is 9.26. The lowest BCUT2D eigenvalue weighted by molar-refractivity contribution is -0.390. The van der Waals surface area contributed by atoms with Crippen LogP contribution in [-0.2, 0) is 10.0 Å². The second kappa shape index (κ2) is 6.83. The Morgan fingerprint density at radius 3 is 2.48 bits per heavy atom. The Hall–Kier alpha value is -2.42. The van der Waals surface area contributed by atoms with E-state index in [4.69, 9.17) is 4.74 Å². The van der Waals surface area contributed by atoms with Crippen molar-refractivity contribution in [2.45, 2.75) is 45.4 Å². The molecule has 0 bridgehead atoms. The first-order chi connectivity index (χ1) is 11.6. The summed E-state index contributed by atoms with van der Waals surface area (Å²) in [6.07, 6.45) is 0.935. The van der Waals surface area contributed by atoms with Crippen LogP contribution < -0.4 is 4.74 Å². The highest BCUT2D eigenvalue weighted by atomic mass is 32.2. The molecular formula is C16H21N3O5S. The number of benzene rings is 1. The number of ether oxygens (including phenoxy) is 1. The van der Waals surface area contributed by atoms with Crippen LogP contribution in [0, 0.1) is 24.0 Å². The summed E-state index contributed by atoms with van der Waals surface area (Å²) < 4.78 is 32.5. The van der Waals surface area contributed by atoms with E-state index in [1.54, 1.807) is 13.0 Å². The van der Waals surface area contributed by atoms with Gasteiger partial charge in [-0.25, -0.2) is 4.98 Å². The molecule has 1 heterocycles. The lowest BCUT2D eigenvalue weighted by Crippen LogP contribution is -2.18. The average Bonchev–Trinajstić information content (AvgIpc) is 2.89. The predicted molar refractivity (Wildman–Crippen MR) is 92.6 cm³/mol. The zero-order chi connectivity index (χ0) is 18.9. The maximum atomic E-state index is 13.2. The molecule has 2 aromatic rings. The lowest BCUT2D eigenvalue weighted by atomic mass is 9.98. The molecule has 0 spiro atoms. The van der Waals surface area contributed by atoms with Crippen LogP contribution in [0.5, 0.6) is 5.75 Å². The Balaban J connectivity index is 2.81. The molecule has 2 rings (SSSR count). The van der Waals surface area contributed by atoms with Crippen molar-refractivity contribution in [3.8, 4) is 5.75 Å². The predicted octanol–water partition coefficient (Wildman–Crippen LogP) is 3.17. The minimum absolute atomic E-state index is 0.0146. The molecule has 0 aliphatic carbocycles. The van der Waals surface area contributed by atoms with Crippen LogP contribution in [0.15, 0.2) is 23.2 Å². The highest BCUT2D eigenvalue weighted by molar-refractivity contribution is 7.90. The minimum Gasteiger partial charge on any atom is -0.492 e. The van der Waals surface area contributed by atoms with Gasteiger partial charge in [-0.2, -0.15) is 8.42 Å². The van der Waals surface area contributed by atoms with E-state index in [0.29, 0.717) is 3.97 Å². The van der Waals surface area contributed by atoms with Crippen molar-refractivity contribution in [3.63, 3.8) is 0 Å². The molecule has 9 heteroatoms. The molecule has 0 atom stereocenters. The second-order valence-electron chi connectivity index (χ2n) is 5.93. The van der Waals surface area contributed by atoms with Gasteiger partial charge in [-0.05, 0) is 47.9 Å². The number of aryl methyl sites for hydroxylation is 2. The fraction of sp³-hybridized carbons (Fsp3) is 0.438. The number of hydrogen-bond acceptors (Lipinski definition) is 6. The van der Waals surface area contributed by atoms with Crippen LogP contribution in [0.2, 0.25) is 0 Å². The molecular weight excluding hydrogens is 346 g/mol. The summed E-state index contributed by atoms with van der Waals surface area (Å²) in [4.78, 5) is 14.1. The molecule has 0 N–H and O–H groups in total. The zero-order valence-electron chi connectivity index (χ0n) is 14.8. The summed E-state index contributed by atoms with van der Waals surface area (Å²) >= 11 is 0.